The van der Waals surface area contributed by atoms with Gasteiger partial charge in [-0.2, -0.15) is 0 Å². The van der Waals surface area contributed by atoms with E-state index in [2.05, 4.69) is 41.6 Å². The minimum Gasteiger partial charge on any atom is -0.494 e. The molecule has 0 N–H and O–H groups in total. The van der Waals surface area contributed by atoms with Crippen molar-refractivity contribution in [2.24, 2.45) is 14.0 Å². The van der Waals surface area contributed by atoms with Crippen molar-refractivity contribution >= 4 is 60.7 Å². The molecule has 0 radical (unpaired) electrons. The molecule has 1 aliphatic rings. The van der Waals surface area contributed by atoms with Crippen molar-refractivity contribution in [3.63, 3.8) is 0 Å². The third-order valence-corrected chi connectivity index (χ3v) is 7.75. The summed E-state index contributed by atoms with van der Waals surface area (Å²) in [6, 6.07) is 9.05. The Morgan fingerprint density at radius 3 is 2.04 bits per heavy atom. The number of thiocarbonyl (C=S) groups is 3. The van der Waals surface area contributed by atoms with E-state index >= 15 is 0 Å². The van der Waals surface area contributed by atoms with Crippen LogP contribution in [-0.2, 0) is 0 Å². The molecule has 1 fully saturated rings. The van der Waals surface area contributed by atoms with Crippen LogP contribution < -0.4 is 4.74 Å². The first-order chi connectivity index (χ1) is 12.7. The highest BCUT2D eigenvalue weighted by Crippen LogP contribution is 2.33. The second-order valence-corrected chi connectivity index (χ2v) is 9.51. The van der Waals surface area contributed by atoms with E-state index in [1.807, 2.05) is 12.1 Å². The van der Waals surface area contributed by atoms with Crippen molar-refractivity contribution in [2.75, 3.05) is 6.61 Å². The lowest BCUT2D eigenvalue weighted by Crippen LogP contribution is -2.28. The second-order valence-electron chi connectivity index (χ2n) is 6.24. The van der Waals surface area contributed by atoms with Crippen molar-refractivity contribution in [2.45, 2.75) is 50.5 Å². The summed E-state index contributed by atoms with van der Waals surface area (Å²) in [5, 5.41) is 7.03. The molecule has 0 bridgehead atoms. The van der Waals surface area contributed by atoms with Gasteiger partial charge in [0.15, 0.2) is 0 Å². The van der Waals surface area contributed by atoms with Crippen molar-refractivity contribution < 1.29 is 4.74 Å². The van der Waals surface area contributed by atoms with E-state index in [4.69, 9.17) is 41.4 Å². The van der Waals surface area contributed by atoms with Crippen LogP contribution >= 0.6 is 36.7 Å². The molecule has 0 atom stereocenters. The molecule has 1 aliphatic carbocycles. The molecular weight excluding hydrogens is 399 g/mol. The number of nitrogens with zero attached hydrogens (tertiary/aromatic N) is 3. The van der Waals surface area contributed by atoms with Crippen molar-refractivity contribution in [3.8, 4) is 5.75 Å². The smallest absolute Gasteiger partial charge is 0.461 e. The summed E-state index contributed by atoms with van der Waals surface area (Å²) in [6.07, 6.45) is 7.36. The fraction of sp³-hybridized carbons (Fsp3) is 0.500. The minimum atomic E-state index is -2.82. The normalized spacial score (nSPS) is 16.3. The molecule has 136 valence electrons. The first kappa shape index (κ1) is 20.9. The molecular formula is C18H21N3OS3Si. The molecule has 26 heavy (non-hydrogen) atoms. The van der Waals surface area contributed by atoms with E-state index in [-0.39, 0.29) is 0 Å². The summed E-state index contributed by atoms with van der Waals surface area (Å²) >= 11 is 14.1. The van der Waals surface area contributed by atoms with Crippen LogP contribution in [0.15, 0.2) is 38.2 Å². The van der Waals surface area contributed by atoms with Gasteiger partial charge in [0.2, 0.25) is 0 Å². The summed E-state index contributed by atoms with van der Waals surface area (Å²) in [7, 11) is -2.82. The van der Waals surface area contributed by atoms with Crippen molar-refractivity contribution in [1.29, 1.82) is 0 Å². The molecule has 8 heteroatoms. The Morgan fingerprint density at radius 2 is 1.50 bits per heavy atom. The van der Waals surface area contributed by atoms with Crippen LogP contribution in [0.2, 0.25) is 6.04 Å². The third kappa shape index (κ3) is 6.42. The number of ether oxygens (including phenoxy) is 1. The fourth-order valence-electron chi connectivity index (χ4n) is 3.23. The topological polar surface area (TPSA) is 46.3 Å². The van der Waals surface area contributed by atoms with Gasteiger partial charge in [0.05, 0.1) is 22.1 Å². The van der Waals surface area contributed by atoms with E-state index in [0.29, 0.717) is 25.0 Å². The molecule has 0 unspecified atom stereocenters. The van der Waals surface area contributed by atoms with Gasteiger partial charge in [0.1, 0.15) is 5.75 Å². The molecule has 0 amide bonds. The highest BCUT2D eigenvalue weighted by atomic mass is 32.1. The molecule has 0 heterocycles. The maximum Gasteiger partial charge on any atom is 0.461 e. The lowest BCUT2D eigenvalue weighted by Gasteiger charge is -2.22. The van der Waals surface area contributed by atoms with Crippen LogP contribution in [0.3, 0.4) is 0 Å². The Labute approximate surface area is 171 Å². The highest BCUT2D eigenvalue weighted by molar-refractivity contribution is 7.78. The summed E-state index contributed by atoms with van der Waals surface area (Å²) in [5.41, 5.74) is 1.42. The number of rotatable bonds is 9. The first-order valence-corrected chi connectivity index (χ1v) is 12.0. The van der Waals surface area contributed by atoms with E-state index in [0.717, 1.165) is 5.75 Å². The lowest BCUT2D eigenvalue weighted by atomic mass is 9.84. The molecule has 1 aromatic carbocycles. The van der Waals surface area contributed by atoms with Gasteiger partial charge in [0, 0.05) is 6.04 Å². The number of hydrogen-bond acceptors (Lipinski definition) is 7. The Kier molecular flexibility index (Phi) is 9.16. The van der Waals surface area contributed by atoms with Gasteiger partial charge in [-0.1, -0.05) is 31.4 Å². The van der Waals surface area contributed by atoms with Crippen LogP contribution in [0, 0.1) is 0 Å². The van der Waals surface area contributed by atoms with Gasteiger partial charge in [-0.05, 0) is 79.5 Å². The quantitative estimate of drug-likeness (QED) is 0.221. The summed E-state index contributed by atoms with van der Waals surface area (Å²) in [6.45, 7) is 0.532. The van der Waals surface area contributed by atoms with Crippen molar-refractivity contribution in [3.05, 3.63) is 29.8 Å². The highest BCUT2D eigenvalue weighted by Gasteiger charge is 2.33. The number of benzene rings is 1. The second kappa shape index (κ2) is 11.4. The van der Waals surface area contributed by atoms with Gasteiger partial charge in [0.25, 0.3) is 0 Å². The van der Waals surface area contributed by atoms with E-state index < -0.39 is 8.56 Å². The SMILES string of the molecule is S=C=N[Si](CCCOc1ccc(C2CCCCC2)cc1)(N=C=S)N=C=S. The van der Waals surface area contributed by atoms with Gasteiger partial charge in [-0.15, -0.1) is 0 Å². The minimum absolute atomic E-state index is 0.532. The van der Waals surface area contributed by atoms with Crippen LogP contribution in [0.4, 0.5) is 0 Å². The summed E-state index contributed by atoms with van der Waals surface area (Å²) in [4.78, 5) is 0. The van der Waals surface area contributed by atoms with Crippen LogP contribution in [0.1, 0.15) is 50.0 Å². The lowest BCUT2D eigenvalue weighted by molar-refractivity contribution is 0.316. The Morgan fingerprint density at radius 1 is 0.923 bits per heavy atom. The maximum atomic E-state index is 5.84. The Hall–Kier alpha value is -1.36. The molecule has 0 aromatic heterocycles. The zero-order valence-corrected chi connectivity index (χ0v) is 18.0. The molecule has 1 aromatic rings. The van der Waals surface area contributed by atoms with Gasteiger partial charge < -0.3 is 4.74 Å². The Bertz CT molecular complexity index is 685. The average molecular weight is 420 g/mol. The zero-order valence-electron chi connectivity index (χ0n) is 14.5. The van der Waals surface area contributed by atoms with E-state index in [1.165, 1.54) is 37.7 Å². The predicted molar refractivity (Wildman–Crippen MR) is 118 cm³/mol. The number of isothiocyanates is 3. The van der Waals surface area contributed by atoms with Gasteiger partial charge >= 0.3 is 8.56 Å². The van der Waals surface area contributed by atoms with Crippen LogP contribution in [-0.4, -0.2) is 30.6 Å². The molecule has 4 nitrogen and oxygen atoms in total. The summed E-state index contributed by atoms with van der Waals surface area (Å²) < 4.78 is 18.1. The standard InChI is InChI=1S/C18H21N3OS3Si/c23-13-19-26(20-14-24,21-15-25)12-4-11-22-18-9-7-17(8-10-18)16-5-2-1-3-6-16/h7-10,16H,1-6,11-12H2. The fourth-order valence-corrected chi connectivity index (χ4v) is 6.09. The van der Waals surface area contributed by atoms with E-state index in [9.17, 15) is 0 Å². The van der Waals surface area contributed by atoms with Crippen molar-refractivity contribution in [1.82, 2.24) is 0 Å². The van der Waals surface area contributed by atoms with E-state index in [1.54, 1.807) is 0 Å². The zero-order chi connectivity index (χ0) is 18.7. The van der Waals surface area contributed by atoms with Gasteiger partial charge in [-0.3, -0.25) is 0 Å². The molecule has 0 spiro atoms. The van der Waals surface area contributed by atoms with Crippen LogP contribution in [0.5, 0.6) is 5.75 Å². The summed E-state index contributed by atoms with van der Waals surface area (Å²) in [5.74, 6) is 1.57. The molecule has 0 saturated heterocycles. The third-order valence-electron chi connectivity index (χ3n) is 4.56. The largest absolute Gasteiger partial charge is 0.494 e. The maximum absolute atomic E-state index is 5.84. The first-order valence-electron chi connectivity index (χ1n) is 8.73. The monoisotopic (exact) mass is 419 g/mol. The molecule has 1 saturated carbocycles. The van der Waals surface area contributed by atoms with Gasteiger partial charge in [-0.25, -0.2) is 14.0 Å². The Balaban J connectivity index is 1.87. The molecule has 2 rings (SSSR count). The molecule has 0 aliphatic heterocycles. The predicted octanol–water partition coefficient (Wildman–Crippen LogP) is 5.75. The average Bonchev–Trinajstić information content (AvgIpc) is 2.67. The van der Waals surface area contributed by atoms with Crippen LogP contribution in [0.25, 0.3) is 0 Å². The number of hydrogen-bond donors (Lipinski definition) is 0.